The minimum absolute atomic E-state index is 0.110. The van der Waals surface area contributed by atoms with E-state index in [2.05, 4.69) is 4.74 Å². The molecule has 1 N–H and O–H groups in total. The second-order valence-corrected chi connectivity index (χ2v) is 6.22. The van der Waals surface area contributed by atoms with Crippen LogP contribution < -0.4 is 5.32 Å². The van der Waals surface area contributed by atoms with Crippen LogP contribution in [-0.2, 0) is 20.9 Å². The average Bonchev–Trinajstić information content (AvgIpc) is 2.65. The molecule has 156 valence electrons. The maximum Gasteiger partial charge on any atom is 0.448 e. The zero-order valence-electron chi connectivity index (χ0n) is 15.1. The van der Waals surface area contributed by atoms with E-state index in [4.69, 9.17) is 16.3 Å². The normalized spacial score (nSPS) is 13.4. The first-order chi connectivity index (χ1) is 13.6. The Labute approximate surface area is 168 Å². The molecule has 10 heteroatoms. The molecular weight excluding hydrogens is 418 g/mol. The number of esters is 1. The number of alkyl halides is 3. The van der Waals surface area contributed by atoms with Gasteiger partial charge < -0.3 is 14.8 Å². The van der Waals surface area contributed by atoms with Crippen LogP contribution in [0.3, 0.4) is 0 Å². The Kier molecular flexibility index (Phi) is 7.21. The third-order valence-electron chi connectivity index (χ3n) is 3.71. The van der Waals surface area contributed by atoms with Gasteiger partial charge >= 0.3 is 17.9 Å². The minimum atomic E-state index is -5.37. The second-order valence-electron chi connectivity index (χ2n) is 5.78. The lowest BCUT2D eigenvalue weighted by atomic mass is 10.1. The van der Waals surface area contributed by atoms with Gasteiger partial charge in [-0.25, -0.2) is 9.18 Å². The van der Waals surface area contributed by atoms with Crippen molar-refractivity contribution in [2.24, 2.45) is 0 Å². The molecule has 0 aliphatic heterocycles. The van der Waals surface area contributed by atoms with E-state index in [1.807, 2.05) is 0 Å². The molecule has 2 rings (SSSR count). The number of carbonyl (C=O) groups is 2. The Morgan fingerprint density at radius 1 is 1.10 bits per heavy atom. The molecule has 0 aromatic heterocycles. The average molecular weight is 434 g/mol. The molecule has 29 heavy (non-hydrogen) atoms. The number of rotatable bonds is 7. The number of nitrogens with one attached hydrogen (secondary N) is 1. The predicted molar refractivity (Wildman–Crippen MR) is 95.5 cm³/mol. The van der Waals surface area contributed by atoms with E-state index < -0.39 is 36.2 Å². The van der Waals surface area contributed by atoms with Crippen LogP contribution in [0.1, 0.15) is 22.8 Å². The standard InChI is InChI=1S/C19H16ClF4NO4/c1-2-28-17(27)18(19(22,23)24,29-11-12-6-8-15(21)9-7-12)25-16(26)13-4-3-5-14(20)10-13/h3-10H,2,11H2,1H3,(H,25,26)/t18-/m0/s1. The highest BCUT2D eigenvalue weighted by Crippen LogP contribution is 2.34. The first kappa shape index (κ1) is 22.6. The number of hydrogen-bond donors (Lipinski definition) is 1. The molecule has 0 bridgehead atoms. The SMILES string of the molecule is CCOC(=O)[C@](NC(=O)c1cccc(Cl)c1)(OCc1ccc(F)cc1)C(F)(F)F. The van der Waals surface area contributed by atoms with E-state index in [0.29, 0.717) is 0 Å². The number of benzene rings is 2. The van der Waals surface area contributed by atoms with E-state index >= 15 is 0 Å². The Bertz CT molecular complexity index is 873. The molecule has 0 spiro atoms. The van der Waals surface area contributed by atoms with Crippen LogP contribution >= 0.6 is 11.6 Å². The minimum Gasteiger partial charge on any atom is -0.462 e. The largest absolute Gasteiger partial charge is 0.462 e. The summed E-state index contributed by atoms with van der Waals surface area (Å²) < 4.78 is 64.2. The summed E-state index contributed by atoms with van der Waals surface area (Å²) in [5.41, 5.74) is -3.86. The van der Waals surface area contributed by atoms with Gasteiger partial charge in [0.25, 0.3) is 5.91 Å². The molecular formula is C19H16ClF4NO4. The molecule has 0 fully saturated rings. The number of halogens is 5. The molecule has 1 amide bonds. The van der Waals surface area contributed by atoms with Crippen LogP contribution in [0.15, 0.2) is 48.5 Å². The van der Waals surface area contributed by atoms with Gasteiger partial charge in [-0.3, -0.25) is 4.79 Å². The summed E-state index contributed by atoms with van der Waals surface area (Å²) in [6, 6.07) is 9.52. The van der Waals surface area contributed by atoms with Crippen molar-refractivity contribution in [2.75, 3.05) is 6.61 Å². The van der Waals surface area contributed by atoms with Crippen molar-refractivity contribution in [3.63, 3.8) is 0 Å². The fourth-order valence-electron chi connectivity index (χ4n) is 2.28. The first-order valence-corrected chi connectivity index (χ1v) is 8.67. The number of amides is 1. The van der Waals surface area contributed by atoms with E-state index in [1.54, 1.807) is 5.32 Å². The summed E-state index contributed by atoms with van der Waals surface area (Å²) in [4.78, 5) is 24.7. The highest BCUT2D eigenvalue weighted by molar-refractivity contribution is 6.31. The summed E-state index contributed by atoms with van der Waals surface area (Å²) in [5, 5.41) is 1.70. The second kappa shape index (κ2) is 9.23. The van der Waals surface area contributed by atoms with Crippen LogP contribution in [0, 0.1) is 5.82 Å². The summed E-state index contributed by atoms with van der Waals surface area (Å²) in [7, 11) is 0. The van der Waals surface area contributed by atoms with Crippen molar-refractivity contribution in [3.8, 4) is 0 Å². The van der Waals surface area contributed by atoms with Crippen LogP contribution in [0.5, 0.6) is 0 Å². The van der Waals surface area contributed by atoms with Gasteiger partial charge in [0.2, 0.25) is 0 Å². The Morgan fingerprint density at radius 2 is 1.76 bits per heavy atom. The summed E-state index contributed by atoms with van der Waals surface area (Å²) in [6.45, 7) is 0.163. The maximum atomic E-state index is 13.9. The summed E-state index contributed by atoms with van der Waals surface area (Å²) in [5.74, 6) is -3.70. The fraction of sp³-hybridized carbons (Fsp3) is 0.263. The fourth-order valence-corrected chi connectivity index (χ4v) is 2.47. The maximum absolute atomic E-state index is 13.9. The Morgan fingerprint density at radius 3 is 2.31 bits per heavy atom. The van der Waals surface area contributed by atoms with Crippen molar-refractivity contribution in [1.29, 1.82) is 0 Å². The van der Waals surface area contributed by atoms with Crippen molar-refractivity contribution in [1.82, 2.24) is 5.32 Å². The Hall–Kier alpha value is -2.65. The highest BCUT2D eigenvalue weighted by Gasteiger charge is 2.65. The van der Waals surface area contributed by atoms with Gasteiger partial charge in [0.1, 0.15) is 5.82 Å². The molecule has 1 atom stereocenters. The lowest BCUT2D eigenvalue weighted by Crippen LogP contribution is -2.66. The van der Waals surface area contributed by atoms with Crippen molar-refractivity contribution in [2.45, 2.75) is 25.4 Å². The number of carbonyl (C=O) groups excluding carboxylic acids is 2. The quantitative estimate of drug-likeness (QED) is 0.403. The third-order valence-corrected chi connectivity index (χ3v) is 3.94. The molecule has 0 saturated heterocycles. The highest BCUT2D eigenvalue weighted by atomic mass is 35.5. The van der Waals surface area contributed by atoms with Crippen molar-refractivity contribution < 1.29 is 36.6 Å². The first-order valence-electron chi connectivity index (χ1n) is 8.29. The summed E-state index contributed by atoms with van der Waals surface area (Å²) >= 11 is 5.76. The van der Waals surface area contributed by atoms with E-state index in [0.717, 1.165) is 18.2 Å². The number of ether oxygens (including phenoxy) is 2. The molecule has 5 nitrogen and oxygen atoms in total. The number of hydrogen-bond acceptors (Lipinski definition) is 4. The van der Waals surface area contributed by atoms with Crippen LogP contribution in [0.4, 0.5) is 17.6 Å². The molecule has 0 saturated carbocycles. The van der Waals surface area contributed by atoms with Crippen LogP contribution in [0.25, 0.3) is 0 Å². The molecule has 2 aromatic carbocycles. The van der Waals surface area contributed by atoms with E-state index in [9.17, 15) is 27.2 Å². The third kappa shape index (κ3) is 5.45. The molecule has 0 unspecified atom stereocenters. The van der Waals surface area contributed by atoms with Crippen LogP contribution in [0.2, 0.25) is 5.02 Å². The zero-order valence-corrected chi connectivity index (χ0v) is 15.8. The van der Waals surface area contributed by atoms with Gasteiger partial charge in [0.05, 0.1) is 13.2 Å². The van der Waals surface area contributed by atoms with Crippen molar-refractivity contribution >= 4 is 23.5 Å². The predicted octanol–water partition coefficient (Wildman–Crippen LogP) is 4.25. The van der Waals surface area contributed by atoms with Gasteiger partial charge in [0.15, 0.2) is 0 Å². The summed E-state index contributed by atoms with van der Waals surface area (Å²) in [6.07, 6.45) is -5.37. The van der Waals surface area contributed by atoms with Gasteiger partial charge in [-0.05, 0) is 42.8 Å². The monoisotopic (exact) mass is 433 g/mol. The van der Waals surface area contributed by atoms with Gasteiger partial charge in [-0.2, -0.15) is 13.2 Å². The molecule has 0 aliphatic carbocycles. The smallest absolute Gasteiger partial charge is 0.448 e. The van der Waals surface area contributed by atoms with Gasteiger partial charge in [-0.1, -0.05) is 29.8 Å². The molecule has 2 aromatic rings. The molecule has 0 radical (unpaired) electrons. The van der Waals surface area contributed by atoms with Gasteiger partial charge in [-0.15, -0.1) is 0 Å². The van der Waals surface area contributed by atoms with Crippen LogP contribution in [-0.4, -0.2) is 30.4 Å². The Balaban J connectivity index is 2.40. The van der Waals surface area contributed by atoms with E-state index in [1.165, 1.54) is 37.3 Å². The molecule has 0 aliphatic rings. The van der Waals surface area contributed by atoms with E-state index in [-0.39, 0.29) is 22.8 Å². The van der Waals surface area contributed by atoms with Gasteiger partial charge in [0, 0.05) is 10.6 Å². The zero-order chi connectivity index (χ0) is 21.7. The lowest BCUT2D eigenvalue weighted by molar-refractivity contribution is -0.287. The topological polar surface area (TPSA) is 64.6 Å². The van der Waals surface area contributed by atoms with Crippen molar-refractivity contribution in [3.05, 3.63) is 70.5 Å². The lowest BCUT2D eigenvalue weighted by Gasteiger charge is -2.33. The molecule has 0 heterocycles.